The quantitative estimate of drug-likeness (QED) is 0.924. The molecule has 3 nitrogen and oxygen atoms in total. The lowest BCUT2D eigenvalue weighted by molar-refractivity contribution is 0.199. The lowest BCUT2D eigenvalue weighted by atomic mass is 10.1. The van der Waals surface area contributed by atoms with Crippen molar-refractivity contribution < 1.29 is 9.50 Å². The lowest BCUT2D eigenvalue weighted by Gasteiger charge is -2.23. The normalized spacial score (nSPS) is 12.4. The number of aromatic nitrogens is 1. The average molecular weight is 266 g/mol. The minimum absolute atomic E-state index is 0.328. The Balaban J connectivity index is 2.31. The Hall–Kier alpha value is -1.46. The van der Waals surface area contributed by atoms with Crippen molar-refractivity contribution in [1.82, 2.24) is 4.98 Å². The fourth-order valence-corrected chi connectivity index (χ4v) is 2.46. The van der Waals surface area contributed by atoms with Gasteiger partial charge in [-0.05, 0) is 13.0 Å². The first-order chi connectivity index (χ1) is 8.59. The molecule has 0 fully saturated rings. The molecule has 0 bridgehead atoms. The lowest BCUT2D eigenvalue weighted by Crippen LogP contribution is -2.20. The van der Waals surface area contributed by atoms with Gasteiger partial charge in [0.15, 0.2) is 0 Å². The summed E-state index contributed by atoms with van der Waals surface area (Å²) in [5.41, 5.74) is 3.66. The molecule has 0 amide bonds. The molecule has 1 unspecified atom stereocenters. The number of para-hydroxylation sites is 1. The number of halogens is 1. The Labute approximate surface area is 110 Å². The first kappa shape index (κ1) is 13.0. The van der Waals surface area contributed by atoms with Crippen molar-refractivity contribution in [2.75, 3.05) is 11.9 Å². The van der Waals surface area contributed by atoms with E-state index in [4.69, 9.17) is 0 Å². The molecule has 1 aromatic carbocycles. The van der Waals surface area contributed by atoms with E-state index in [9.17, 15) is 9.50 Å². The summed E-state index contributed by atoms with van der Waals surface area (Å²) in [4.78, 5) is 5.95. The van der Waals surface area contributed by atoms with Crippen LogP contribution < -0.4 is 4.90 Å². The van der Waals surface area contributed by atoms with Crippen molar-refractivity contribution in [3.05, 3.63) is 46.2 Å². The molecule has 1 N–H and O–H groups in total. The van der Waals surface area contributed by atoms with Crippen molar-refractivity contribution in [2.24, 2.45) is 0 Å². The second kappa shape index (κ2) is 5.46. The van der Waals surface area contributed by atoms with E-state index >= 15 is 0 Å². The van der Waals surface area contributed by atoms with Gasteiger partial charge in [0, 0.05) is 18.0 Å². The van der Waals surface area contributed by atoms with E-state index in [2.05, 4.69) is 4.98 Å². The van der Waals surface area contributed by atoms with Gasteiger partial charge in [-0.25, -0.2) is 9.37 Å². The zero-order chi connectivity index (χ0) is 13.1. The highest BCUT2D eigenvalue weighted by molar-refractivity contribution is 7.07. The number of hydrogen-bond donors (Lipinski definition) is 1. The van der Waals surface area contributed by atoms with Crippen LogP contribution in [0.3, 0.4) is 0 Å². The van der Waals surface area contributed by atoms with Crippen molar-refractivity contribution in [2.45, 2.75) is 19.6 Å². The van der Waals surface area contributed by atoms with Gasteiger partial charge in [-0.2, -0.15) is 0 Å². The highest BCUT2D eigenvalue weighted by atomic mass is 32.1. The van der Waals surface area contributed by atoms with Crippen LogP contribution in [-0.2, 0) is 6.54 Å². The SMILES string of the molecule is CC(O)c1cccc(F)c1N(C)Cc1cscn1. The van der Waals surface area contributed by atoms with E-state index in [1.807, 2.05) is 5.38 Å². The molecule has 96 valence electrons. The molecule has 2 aromatic rings. The van der Waals surface area contributed by atoms with Gasteiger partial charge < -0.3 is 10.0 Å². The molecule has 2 rings (SSSR count). The highest BCUT2D eigenvalue weighted by Gasteiger charge is 2.16. The number of aliphatic hydroxyl groups excluding tert-OH is 1. The largest absolute Gasteiger partial charge is 0.389 e. The van der Waals surface area contributed by atoms with Gasteiger partial charge >= 0.3 is 0 Å². The first-order valence-corrected chi connectivity index (χ1v) is 6.58. The van der Waals surface area contributed by atoms with Crippen LogP contribution in [0, 0.1) is 5.82 Å². The average Bonchev–Trinajstić information content (AvgIpc) is 2.81. The number of benzene rings is 1. The topological polar surface area (TPSA) is 36.4 Å². The summed E-state index contributed by atoms with van der Waals surface area (Å²) >= 11 is 1.51. The van der Waals surface area contributed by atoms with Crippen molar-refractivity contribution >= 4 is 17.0 Å². The van der Waals surface area contributed by atoms with Gasteiger partial charge in [0.2, 0.25) is 0 Å². The molecule has 0 spiro atoms. The molecule has 1 atom stereocenters. The maximum atomic E-state index is 13.9. The van der Waals surface area contributed by atoms with Crippen LogP contribution in [0.15, 0.2) is 29.1 Å². The number of nitrogens with zero attached hydrogens (tertiary/aromatic N) is 2. The van der Waals surface area contributed by atoms with E-state index in [-0.39, 0.29) is 5.82 Å². The van der Waals surface area contributed by atoms with Crippen LogP contribution in [0.25, 0.3) is 0 Å². The smallest absolute Gasteiger partial charge is 0.146 e. The van der Waals surface area contributed by atoms with Crippen LogP contribution in [0.1, 0.15) is 24.3 Å². The molecule has 1 heterocycles. The van der Waals surface area contributed by atoms with Crippen LogP contribution in [-0.4, -0.2) is 17.1 Å². The zero-order valence-corrected chi connectivity index (χ0v) is 11.1. The van der Waals surface area contributed by atoms with E-state index < -0.39 is 6.10 Å². The van der Waals surface area contributed by atoms with E-state index in [1.165, 1.54) is 17.4 Å². The minimum Gasteiger partial charge on any atom is -0.389 e. The monoisotopic (exact) mass is 266 g/mol. The third-order valence-electron chi connectivity index (χ3n) is 2.73. The summed E-state index contributed by atoms with van der Waals surface area (Å²) in [7, 11) is 1.80. The van der Waals surface area contributed by atoms with Crippen LogP contribution in [0.2, 0.25) is 0 Å². The summed E-state index contributed by atoms with van der Waals surface area (Å²) in [6, 6.07) is 4.75. The Morgan fingerprint density at radius 2 is 2.28 bits per heavy atom. The molecule has 0 saturated carbocycles. The molecule has 1 aromatic heterocycles. The highest BCUT2D eigenvalue weighted by Crippen LogP contribution is 2.29. The number of anilines is 1. The standard InChI is InChI=1S/C13H15FN2OS/c1-9(17)11-4-3-5-12(14)13(11)16(2)6-10-7-18-8-15-10/h3-5,7-9,17H,6H2,1-2H3. The predicted molar refractivity (Wildman–Crippen MR) is 71.3 cm³/mol. The Morgan fingerprint density at radius 3 is 2.89 bits per heavy atom. The van der Waals surface area contributed by atoms with Gasteiger partial charge in [0.1, 0.15) is 5.82 Å². The number of hydrogen-bond acceptors (Lipinski definition) is 4. The summed E-state index contributed by atoms with van der Waals surface area (Å²) < 4.78 is 13.9. The summed E-state index contributed by atoms with van der Waals surface area (Å²) in [5.74, 6) is -0.328. The minimum atomic E-state index is -0.700. The molecular formula is C13H15FN2OS. The molecule has 18 heavy (non-hydrogen) atoms. The third kappa shape index (κ3) is 2.68. The van der Waals surface area contributed by atoms with Gasteiger partial charge in [0.05, 0.1) is 29.5 Å². The second-order valence-electron chi connectivity index (χ2n) is 4.19. The van der Waals surface area contributed by atoms with Crippen molar-refractivity contribution in [1.29, 1.82) is 0 Å². The van der Waals surface area contributed by atoms with E-state index in [0.717, 1.165) is 5.69 Å². The Morgan fingerprint density at radius 1 is 1.50 bits per heavy atom. The van der Waals surface area contributed by atoms with Gasteiger partial charge in [-0.1, -0.05) is 12.1 Å². The number of thiazole rings is 1. The molecular weight excluding hydrogens is 251 g/mol. The van der Waals surface area contributed by atoms with E-state index in [1.54, 1.807) is 36.5 Å². The fraction of sp³-hybridized carbons (Fsp3) is 0.308. The predicted octanol–water partition coefficient (Wildman–Crippen LogP) is 2.97. The fourth-order valence-electron chi connectivity index (χ4n) is 1.91. The number of rotatable bonds is 4. The number of aliphatic hydroxyl groups is 1. The van der Waals surface area contributed by atoms with Crippen LogP contribution in [0.5, 0.6) is 0 Å². The second-order valence-corrected chi connectivity index (χ2v) is 4.91. The third-order valence-corrected chi connectivity index (χ3v) is 3.37. The van der Waals surface area contributed by atoms with Crippen molar-refractivity contribution in [3.63, 3.8) is 0 Å². The summed E-state index contributed by atoms with van der Waals surface area (Å²) in [5, 5.41) is 11.6. The van der Waals surface area contributed by atoms with Crippen LogP contribution >= 0.6 is 11.3 Å². The Bertz CT molecular complexity index is 514. The zero-order valence-electron chi connectivity index (χ0n) is 10.3. The molecule has 0 radical (unpaired) electrons. The molecule has 0 saturated heterocycles. The molecule has 5 heteroatoms. The maximum absolute atomic E-state index is 13.9. The van der Waals surface area contributed by atoms with Crippen molar-refractivity contribution in [3.8, 4) is 0 Å². The van der Waals surface area contributed by atoms with Gasteiger partial charge in [-0.15, -0.1) is 11.3 Å². The maximum Gasteiger partial charge on any atom is 0.146 e. The molecule has 0 aliphatic rings. The first-order valence-electron chi connectivity index (χ1n) is 5.64. The van der Waals surface area contributed by atoms with Gasteiger partial charge in [-0.3, -0.25) is 0 Å². The molecule has 0 aliphatic carbocycles. The Kier molecular flexibility index (Phi) is 3.93. The summed E-state index contributed by atoms with van der Waals surface area (Å²) in [6.45, 7) is 2.15. The summed E-state index contributed by atoms with van der Waals surface area (Å²) in [6.07, 6.45) is -0.700. The van der Waals surface area contributed by atoms with Crippen LogP contribution in [0.4, 0.5) is 10.1 Å². The van der Waals surface area contributed by atoms with E-state index in [0.29, 0.717) is 17.8 Å². The van der Waals surface area contributed by atoms with Gasteiger partial charge in [0.25, 0.3) is 0 Å². The molecule has 0 aliphatic heterocycles.